The Morgan fingerprint density at radius 3 is 2.60 bits per heavy atom. The molecule has 0 amide bonds. The van der Waals surface area contributed by atoms with Gasteiger partial charge in [0, 0.05) is 6.42 Å². The monoisotopic (exact) mass is 412 g/mol. The second-order valence-electron chi connectivity index (χ2n) is 12.8. The molecule has 0 N–H and O–H groups in total. The molecular formula is C27H40O3. The van der Waals surface area contributed by atoms with Crippen LogP contribution in [0.4, 0.5) is 0 Å². The van der Waals surface area contributed by atoms with Crippen LogP contribution in [0.15, 0.2) is 11.6 Å². The summed E-state index contributed by atoms with van der Waals surface area (Å²) in [7, 11) is 0. The predicted molar refractivity (Wildman–Crippen MR) is 117 cm³/mol. The SMILES string of the molecule is C[C@H](CCC1OC1(C)C)[C@H]1CC[C@H]2[C@@H]3C4OC4C4=CC(=O)CC[C@]4(C)[C@H]3CC[C@]12C. The fraction of sp³-hybridized carbons (Fsp3) is 0.889. The van der Waals surface area contributed by atoms with E-state index in [1.54, 1.807) is 0 Å². The Kier molecular flexibility index (Phi) is 4.14. The summed E-state index contributed by atoms with van der Waals surface area (Å²) in [4.78, 5) is 12.1. The Morgan fingerprint density at radius 2 is 1.87 bits per heavy atom. The zero-order chi connectivity index (χ0) is 21.1. The van der Waals surface area contributed by atoms with Crippen molar-refractivity contribution in [3.05, 3.63) is 11.6 Å². The zero-order valence-electron chi connectivity index (χ0n) is 19.6. The normalized spacial score (nSPS) is 53.7. The number of hydrogen-bond donors (Lipinski definition) is 0. The van der Waals surface area contributed by atoms with Crippen molar-refractivity contribution in [1.29, 1.82) is 0 Å². The average molecular weight is 413 g/mol. The lowest BCUT2D eigenvalue weighted by Crippen LogP contribution is -2.53. The van der Waals surface area contributed by atoms with E-state index in [4.69, 9.17) is 9.47 Å². The molecule has 3 saturated carbocycles. The Balaban J connectivity index is 1.22. The summed E-state index contributed by atoms with van der Waals surface area (Å²) in [5.74, 6) is 4.20. The molecule has 6 aliphatic rings. The Labute approximate surface area is 182 Å². The topological polar surface area (TPSA) is 42.1 Å². The minimum atomic E-state index is 0.127. The van der Waals surface area contributed by atoms with Crippen LogP contribution < -0.4 is 0 Å². The summed E-state index contributed by atoms with van der Waals surface area (Å²) >= 11 is 0. The van der Waals surface area contributed by atoms with Gasteiger partial charge in [-0.2, -0.15) is 0 Å². The molecule has 2 saturated heterocycles. The third-order valence-corrected chi connectivity index (χ3v) is 11.0. The van der Waals surface area contributed by atoms with Crippen LogP contribution >= 0.6 is 0 Å². The molecule has 3 nitrogen and oxygen atoms in total. The van der Waals surface area contributed by atoms with Gasteiger partial charge >= 0.3 is 0 Å². The lowest BCUT2D eigenvalue weighted by Gasteiger charge is -2.57. The minimum Gasteiger partial charge on any atom is -0.367 e. The molecule has 0 spiro atoms. The van der Waals surface area contributed by atoms with Crippen molar-refractivity contribution in [3.8, 4) is 0 Å². The molecule has 2 aliphatic heterocycles. The molecule has 30 heavy (non-hydrogen) atoms. The van der Waals surface area contributed by atoms with Crippen molar-refractivity contribution in [2.24, 2.45) is 40.4 Å². The zero-order valence-corrected chi connectivity index (χ0v) is 19.6. The number of fused-ring (bicyclic) bond motifs is 8. The van der Waals surface area contributed by atoms with Gasteiger partial charge in [0.15, 0.2) is 5.78 Å². The Hall–Kier alpha value is -0.670. The van der Waals surface area contributed by atoms with E-state index in [-0.39, 0.29) is 17.1 Å². The van der Waals surface area contributed by atoms with Gasteiger partial charge < -0.3 is 9.47 Å². The molecule has 166 valence electrons. The van der Waals surface area contributed by atoms with Crippen molar-refractivity contribution < 1.29 is 14.3 Å². The fourth-order valence-electron chi connectivity index (χ4n) is 9.14. The van der Waals surface area contributed by atoms with E-state index >= 15 is 0 Å². The van der Waals surface area contributed by atoms with E-state index in [1.165, 1.54) is 44.1 Å². The molecule has 3 unspecified atom stereocenters. The highest BCUT2D eigenvalue weighted by atomic mass is 16.6. The maximum atomic E-state index is 12.1. The number of rotatable bonds is 4. The average Bonchev–Trinajstić information content (AvgIpc) is 3.56. The molecule has 10 atom stereocenters. The smallest absolute Gasteiger partial charge is 0.155 e. The van der Waals surface area contributed by atoms with Crippen LogP contribution in [-0.2, 0) is 14.3 Å². The van der Waals surface area contributed by atoms with E-state index in [1.807, 2.05) is 6.08 Å². The highest BCUT2D eigenvalue weighted by Crippen LogP contribution is 2.71. The molecule has 2 heterocycles. The highest BCUT2D eigenvalue weighted by Gasteiger charge is 2.69. The number of carbonyl (C=O) groups is 1. The largest absolute Gasteiger partial charge is 0.367 e. The summed E-state index contributed by atoms with van der Waals surface area (Å²) in [6.07, 6.45) is 12.9. The van der Waals surface area contributed by atoms with Crippen LogP contribution in [0.3, 0.4) is 0 Å². The van der Waals surface area contributed by atoms with Gasteiger partial charge in [-0.15, -0.1) is 0 Å². The van der Waals surface area contributed by atoms with Crippen LogP contribution in [0.25, 0.3) is 0 Å². The van der Waals surface area contributed by atoms with Gasteiger partial charge in [-0.05, 0) is 111 Å². The van der Waals surface area contributed by atoms with E-state index < -0.39 is 0 Å². The number of ketones is 1. The molecule has 0 radical (unpaired) electrons. The van der Waals surface area contributed by atoms with Crippen LogP contribution in [0.2, 0.25) is 0 Å². The number of carbonyl (C=O) groups excluding carboxylic acids is 1. The van der Waals surface area contributed by atoms with Crippen molar-refractivity contribution in [2.75, 3.05) is 0 Å². The molecular weight excluding hydrogens is 372 g/mol. The van der Waals surface area contributed by atoms with Crippen LogP contribution in [0.1, 0.15) is 86.0 Å². The molecule has 0 aromatic heterocycles. The Bertz CT molecular complexity index is 798. The fourth-order valence-corrected chi connectivity index (χ4v) is 9.14. The summed E-state index contributed by atoms with van der Waals surface area (Å²) < 4.78 is 12.2. The standard InChI is InChI=1S/C27H40O3/c1-15(6-9-21-25(2,3)30-21)17-7-8-18-22-19(11-13-26(17,18)4)27(5)12-10-16(28)14-20(27)23-24(22)29-23/h14-15,17-19,21-24H,6-13H2,1-5H3/t15-,17-,18+,19+,21?,22+,23?,24?,26-,27-/m1/s1. The van der Waals surface area contributed by atoms with E-state index in [9.17, 15) is 4.79 Å². The first-order chi connectivity index (χ1) is 14.1. The van der Waals surface area contributed by atoms with Gasteiger partial charge in [-0.1, -0.05) is 20.8 Å². The van der Waals surface area contributed by atoms with Crippen LogP contribution in [-0.4, -0.2) is 29.7 Å². The second-order valence-corrected chi connectivity index (χ2v) is 12.8. The summed E-state index contributed by atoms with van der Waals surface area (Å²) in [5, 5.41) is 0. The van der Waals surface area contributed by atoms with Crippen molar-refractivity contribution in [2.45, 2.75) is 110 Å². The quantitative estimate of drug-likeness (QED) is 0.555. The lowest BCUT2D eigenvalue weighted by atomic mass is 9.46. The minimum absolute atomic E-state index is 0.127. The number of ether oxygens (including phenoxy) is 2. The molecule has 5 fully saturated rings. The van der Waals surface area contributed by atoms with Gasteiger partial charge in [-0.25, -0.2) is 0 Å². The predicted octanol–water partition coefficient (Wildman–Crippen LogP) is 5.72. The van der Waals surface area contributed by atoms with Crippen molar-refractivity contribution in [1.82, 2.24) is 0 Å². The second kappa shape index (κ2) is 6.22. The summed E-state index contributed by atoms with van der Waals surface area (Å²) in [5.41, 5.74) is 2.17. The maximum absolute atomic E-state index is 12.1. The van der Waals surface area contributed by atoms with Gasteiger partial charge in [0.2, 0.25) is 0 Å². The summed E-state index contributed by atoms with van der Waals surface area (Å²) in [6, 6.07) is 0. The number of hydrogen-bond acceptors (Lipinski definition) is 3. The van der Waals surface area contributed by atoms with Crippen LogP contribution in [0.5, 0.6) is 0 Å². The molecule has 0 aromatic rings. The highest BCUT2D eigenvalue weighted by molar-refractivity contribution is 5.92. The molecule has 0 bridgehead atoms. The first-order valence-corrected chi connectivity index (χ1v) is 12.7. The lowest BCUT2D eigenvalue weighted by molar-refractivity contribution is -0.117. The molecule has 6 rings (SSSR count). The van der Waals surface area contributed by atoms with E-state index in [0.29, 0.717) is 35.2 Å². The molecule has 3 heteroatoms. The first kappa shape index (κ1) is 20.0. The molecule has 0 aromatic carbocycles. The van der Waals surface area contributed by atoms with Gasteiger partial charge in [0.05, 0.1) is 17.8 Å². The van der Waals surface area contributed by atoms with Gasteiger partial charge in [0.1, 0.15) is 6.10 Å². The van der Waals surface area contributed by atoms with E-state index in [2.05, 4.69) is 34.6 Å². The third kappa shape index (κ3) is 2.66. The maximum Gasteiger partial charge on any atom is 0.155 e. The van der Waals surface area contributed by atoms with Crippen molar-refractivity contribution in [3.63, 3.8) is 0 Å². The van der Waals surface area contributed by atoms with Crippen molar-refractivity contribution >= 4 is 5.78 Å². The van der Waals surface area contributed by atoms with E-state index in [0.717, 1.165) is 30.6 Å². The van der Waals surface area contributed by atoms with Gasteiger partial charge in [-0.3, -0.25) is 4.79 Å². The third-order valence-electron chi connectivity index (χ3n) is 11.0. The Morgan fingerprint density at radius 1 is 1.10 bits per heavy atom. The van der Waals surface area contributed by atoms with Crippen LogP contribution in [0, 0.1) is 40.4 Å². The van der Waals surface area contributed by atoms with Gasteiger partial charge in [0.25, 0.3) is 0 Å². The summed E-state index contributed by atoms with van der Waals surface area (Å²) in [6.45, 7) is 12.1. The number of epoxide rings is 2. The molecule has 4 aliphatic carbocycles. The first-order valence-electron chi connectivity index (χ1n) is 12.7.